The molecule has 2 heterocycles. The monoisotopic (exact) mass is 264 g/mol. The minimum Gasteiger partial charge on any atom is -0.283 e. The highest BCUT2D eigenvalue weighted by Gasteiger charge is 2.09. The lowest BCUT2D eigenvalue weighted by atomic mass is 10.2. The number of hydrogen-bond donors (Lipinski definition) is 0. The number of aryl methyl sites for hydroxylation is 3. The molecule has 4 nitrogen and oxygen atoms in total. The zero-order valence-electron chi connectivity index (χ0n) is 11.8. The molecule has 0 aliphatic heterocycles. The van der Waals surface area contributed by atoms with Gasteiger partial charge >= 0.3 is 0 Å². The first-order valence-electron chi connectivity index (χ1n) is 6.58. The highest BCUT2D eigenvalue weighted by molar-refractivity contribution is 5.56. The molecule has 0 fully saturated rings. The number of hydrogen-bond acceptors (Lipinski definition) is 3. The predicted molar refractivity (Wildman–Crippen MR) is 80.0 cm³/mol. The molecule has 0 saturated carbocycles. The van der Waals surface area contributed by atoms with Gasteiger partial charge in [-0.2, -0.15) is 0 Å². The maximum absolute atomic E-state index is 4.55. The van der Waals surface area contributed by atoms with E-state index in [9.17, 15) is 0 Å². The van der Waals surface area contributed by atoms with Crippen molar-refractivity contribution < 1.29 is 0 Å². The van der Waals surface area contributed by atoms with E-state index in [0.717, 1.165) is 28.4 Å². The summed E-state index contributed by atoms with van der Waals surface area (Å²) in [6, 6.07) is 12.0. The van der Waals surface area contributed by atoms with E-state index in [1.807, 2.05) is 67.8 Å². The van der Waals surface area contributed by atoms with Gasteiger partial charge in [0.2, 0.25) is 0 Å². The molecule has 0 saturated heterocycles. The molecule has 0 aliphatic rings. The quantitative estimate of drug-likeness (QED) is 0.620. The van der Waals surface area contributed by atoms with Crippen molar-refractivity contribution in [2.45, 2.75) is 20.8 Å². The number of fused-ring (bicyclic) bond motifs is 1. The normalized spacial score (nSPS) is 11.6. The van der Waals surface area contributed by atoms with E-state index < -0.39 is 0 Å². The number of nitrogens with zero attached hydrogens (tertiary/aromatic N) is 4. The molecule has 100 valence electrons. The SMILES string of the molecule is Cc1cccc(N=Nc2c(C)nc3c(C)cccn23)c1. The molecule has 0 atom stereocenters. The van der Waals surface area contributed by atoms with Crippen molar-refractivity contribution >= 4 is 17.2 Å². The Kier molecular flexibility index (Phi) is 3.06. The average molecular weight is 264 g/mol. The van der Waals surface area contributed by atoms with Gasteiger partial charge < -0.3 is 0 Å². The van der Waals surface area contributed by atoms with E-state index in [0.29, 0.717) is 0 Å². The van der Waals surface area contributed by atoms with Gasteiger partial charge in [-0.15, -0.1) is 10.2 Å². The van der Waals surface area contributed by atoms with Gasteiger partial charge in [0, 0.05) is 6.20 Å². The summed E-state index contributed by atoms with van der Waals surface area (Å²) in [4.78, 5) is 4.55. The van der Waals surface area contributed by atoms with Crippen molar-refractivity contribution in [2.75, 3.05) is 0 Å². The van der Waals surface area contributed by atoms with Crippen molar-refractivity contribution in [1.29, 1.82) is 0 Å². The molecule has 20 heavy (non-hydrogen) atoms. The van der Waals surface area contributed by atoms with Crippen LogP contribution in [0.2, 0.25) is 0 Å². The number of aromatic nitrogens is 2. The minimum atomic E-state index is 0.783. The summed E-state index contributed by atoms with van der Waals surface area (Å²) in [7, 11) is 0. The largest absolute Gasteiger partial charge is 0.283 e. The second kappa shape index (κ2) is 4.89. The first-order chi connectivity index (χ1) is 9.65. The van der Waals surface area contributed by atoms with Crippen LogP contribution < -0.4 is 0 Å². The van der Waals surface area contributed by atoms with Crippen LogP contribution in [0.3, 0.4) is 0 Å². The van der Waals surface area contributed by atoms with Gasteiger partial charge in [-0.05, 0) is 50.1 Å². The van der Waals surface area contributed by atoms with Crippen LogP contribution in [0.1, 0.15) is 16.8 Å². The molecule has 2 aromatic heterocycles. The van der Waals surface area contributed by atoms with Gasteiger partial charge in [0.25, 0.3) is 0 Å². The maximum atomic E-state index is 4.55. The second-order valence-corrected chi connectivity index (χ2v) is 4.94. The summed E-state index contributed by atoms with van der Waals surface area (Å²) in [5.74, 6) is 0.783. The average Bonchev–Trinajstić information content (AvgIpc) is 2.74. The zero-order chi connectivity index (χ0) is 14.1. The molecule has 0 bridgehead atoms. The van der Waals surface area contributed by atoms with Crippen LogP contribution >= 0.6 is 0 Å². The van der Waals surface area contributed by atoms with Gasteiger partial charge in [-0.3, -0.25) is 4.40 Å². The van der Waals surface area contributed by atoms with Crippen molar-refractivity contribution in [3.8, 4) is 0 Å². The Balaban J connectivity index is 2.07. The first kappa shape index (κ1) is 12.5. The molecule has 0 aliphatic carbocycles. The highest BCUT2D eigenvalue weighted by atomic mass is 15.2. The highest BCUT2D eigenvalue weighted by Crippen LogP contribution is 2.25. The number of rotatable bonds is 2. The van der Waals surface area contributed by atoms with Gasteiger partial charge in [-0.1, -0.05) is 18.2 Å². The molecular formula is C16H16N4. The van der Waals surface area contributed by atoms with E-state index in [4.69, 9.17) is 0 Å². The predicted octanol–water partition coefficient (Wildman–Crippen LogP) is 4.67. The van der Waals surface area contributed by atoms with E-state index in [1.165, 1.54) is 5.56 Å². The minimum absolute atomic E-state index is 0.783. The van der Waals surface area contributed by atoms with Crippen molar-refractivity contribution in [3.63, 3.8) is 0 Å². The number of benzene rings is 1. The molecule has 0 radical (unpaired) electrons. The van der Waals surface area contributed by atoms with Crippen LogP contribution in [0.4, 0.5) is 11.5 Å². The summed E-state index contributed by atoms with van der Waals surface area (Å²) in [5.41, 5.74) is 4.98. The van der Waals surface area contributed by atoms with Crippen LogP contribution in [0.25, 0.3) is 5.65 Å². The lowest BCUT2D eigenvalue weighted by molar-refractivity contribution is 1.09. The Hall–Kier alpha value is -2.49. The fourth-order valence-electron chi connectivity index (χ4n) is 2.22. The number of imidazole rings is 1. The zero-order valence-corrected chi connectivity index (χ0v) is 11.8. The third-order valence-electron chi connectivity index (χ3n) is 3.25. The fraction of sp³-hybridized carbons (Fsp3) is 0.188. The maximum Gasteiger partial charge on any atom is 0.182 e. The Bertz CT molecular complexity index is 799. The van der Waals surface area contributed by atoms with Crippen molar-refractivity contribution in [1.82, 2.24) is 9.38 Å². The lowest BCUT2D eigenvalue weighted by Gasteiger charge is -1.98. The molecule has 1 aromatic carbocycles. The third kappa shape index (κ3) is 2.20. The Morgan fingerprint density at radius 1 is 1.00 bits per heavy atom. The molecule has 0 N–H and O–H groups in total. The Morgan fingerprint density at radius 3 is 2.65 bits per heavy atom. The lowest BCUT2D eigenvalue weighted by Crippen LogP contribution is -1.85. The second-order valence-electron chi connectivity index (χ2n) is 4.94. The van der Waals surface area contributed by atoms with Gasteiger partial charge in [0.05, 0.1) is 11.4 Å². The Morgan fingerprint density at radius 2 is 1.85 bits per heavy atom. The van der Waals surface area contributed by atoms with Crippen LogP contribution in [-0.4, -0.2) is 9.38 Å². The first-order valence-corrected chi connectivity index (χ1v) is 6.58. The Labute approximate surface area is 117 Å². The summed E-state index contributed by atoms with van der Waals surface area (Å²) < 4.78 is 1.98. The smallest absolute Gasteiger partial charge is 0.182 e. The van der Waals surface area contributed by atoms with Crippen LogP contribution in [0.5, 0.6) is 0 Å². The molecule has 3 rings (SSSR count). The van der Waals surface area contributed by atoms with Crippen LogP contribution in [-0.2, 0) is 0 Å². The van der Waals surface area contributed by atoms with Crippen molar-refractivity contribution in [2.24, 2.45) is 10.2 Å². The molecular weight excluding hydrogens is 248 g/mol. The third-order valence-corrected chi connectivity index (χ3v) is 3.25. The molecule has 0 spiro atoms. The fourth-order valence-corrected chi connectivity index (χ4v) is 2.22. The molecule has 0 amide bonds. The molecule has 3 aromatic rings. The van der Waals surface area contributed by atoms with Gasteiger partial charge in [-0.25, -0.2) is 4.98 Å². The topological polar surface area (TPSA) is 42.0 Å². The van der Waals surface area contributed by atoms with E-state index in [1.54, 1.807) is 0 Å². The summed E-state index contributed by atoms with van der Waals surface area (Å²) in [5, 5.41) is 8.69. The van der Waals surface area contributed by atoms with E-state index in [-0.39, 0.29) is 0 Å². The van der Waals surface area contributed by atoms with Crippen LogP contribution in [0.15, 0.2) is 52.8 Å². The van der Waals surface area contributed by atoms with Crippen molar-refractivity contribution in [3.05, 3.63) is 59.4 Å². The summed E-state index contributed by atoms with van der Waals surface area (Å²) in [6.07, 6.45) is 1.97. The number of pyridine rings is 1. The van der Waals surface area contributed by atoms with E-state index in [2.05, 4.69) is 15.2 Å². The molecule has 0 unspecified atom stereocenters. The van der Waals surface area contributed by atoms with E-state index >= 15 is 0 Å². The van der Waals surface area contributed by atoms with Crippen LogP contribution in [0, 0.1) is 20.8 Å². The van der Waals surface area contributed by atoms with Gasteiger partial charge in [0.15, 0.2) is 5.82 Å². The standard InChI is InChI=1S/C16H16N4/c1-11-6-4-8-14(10-11)18-19-16-13(3)17-15-12(2)7-5-9-20(15)16/h4-10H,1-3H3. The summed E-state index contributed by atoms with van der Waals surface area (Å²) in [6.45, 7) is 6.04. The molecule has 4 heteroatoms. The number of azo groups is 1. The van der Waals surface area contributed by atoms with Gasteiger partial charge in [0.1, 0.15) is 5.65 Å². The summed E-state index contributed by atoms with van der Waals surface area (Å²) >= 11 is 0.